The number of fused-ring (bicyclic) bond motifs is 1. The molecule has 0 unspecified atom stereocenters. The van der Waals surface area contributed by atoms with Crippen LogP contribution in [0.3, 0.4) is 0 Å². The van der Waals surface area contributed by atoms with Gasteiger partial charge in [0.2, 0.25) is 0 Å². The standard InChI is InChI=1S/C12H11Cl2NO/c13-6-2-5-11(16)8-7-15-10-4-1-3-9(14)12(8)10/h1,3-4,7,15H,2,5-6H2. The smallest absolute Gasteiger partial charge is 0.165 e. The average Bonchev–Trinajstić information content (AvgIpc) is 2.71. The molecule has 1 heterocycles. The van der Waals surface area contributed by atoms with Crippen LogP contribution in [0, 0.1) is 0 Å². The van der Waals surface area contributed by atoms with Gasteiger partial charge in [-0.2, -0.15) is 0 Å². The number of carbonyl (C=O) groups is 1. The van der Waals surface area contributed by atoms with Crippen LogP contribution in [0.15, 0.2) is 24.4 Å². The minimum absolute atomic E-state index is 0.0833. The van der Waals surface area contributed by atoms with Crippen LogP contribution in [0.2, 0.25) is 5.02 Å². The second kappa shape index (κ2) is 4.89. The molecule has 0 atom stereocenters. The Balaban J connectivity index is 2.41. The molecule has 0 aliphatic heterocycles. The number of carbonyl (C=O) groups excluding carboxylic acids is 1. The van der Waals surface area contributed by atoms with Gasteiger partial charge in [0.15, 0.2) is 5.78 Å². The van der Waals surface area contributed by atoms with E-state index in [1.807, 2.05) is 12.1 Å². The molecule has 0 aliphatic carbocycles. The molecule has 1 N–H and O–H groups in total. The minimum atomic E-state index is 0.0833. The molecule has 84 valence electrons. The predicted octanol–water partition coefficient (Wildman–Crippen LogP) is 4.02. The lowest BCUT2D eigenvalue weighted by atomic mass is 10.1. The zero-order valence-corrected chi connectivity index (χ0v) is 10.1. The third kappa shape index (κ3) is 2.08. The number of benzene rings is 1. The largest absolute Gasteiger partial charge is 0.360 e. The Morgan fingerprint density at radius 2 is 2.19 bits per heavy atom. The summed E-state index contributed by atoms with van der Waals surface area (Å²) in [5.74, 6) is 0.585. The topological polar surface area (TPSA) is 32.9 Å². The van der Waals surface area contributed by atoms with Crippen LogP contribution >= 0.6 is 23.2 Å². The Labute approximate surface area is 104 Å². The number of H-pyrrole nitrogens is 1. The Hall–Kier alpha value is -0.990. The summed E-state index contributed by atoms with van der Waals surface area (Å²) >= 11 is 11.7. The molecular formula is C12H11Cl2NO. The second-order valence-corrected chi connectivity index (χ2v) is 4.37. The Morgan fingerprint density at radius 3 is 2.94 bits per heavy atom. The summed E-state index contributed by atoms with van der Waals surface area (Å²) in [5, 5.41) is 1.41. The SMILES string of the molecule is O=C(CCCCl)c1c[nH]c2cccc(Cl)c12. The molecule has 0 saturated carbocycles. The fourth-order valence-electron chi connectivity index (χ4n) is 1.72. The number of ketones is 1. The second-order valence-electron chi connectivity index (χ2n) is 3.58. The minimum Gasteiger partial charge on any atom is -0.360 e. The summed E-state index contributed by atoms with van der Waals surface area (Å²) in [6.07, 6.45) is 2.87. The molecule has 16 heavy (non-hydrogen) atoms. The van der Waals surface area contributed by atoms with Crippen LogP contribution in [0.1, 0.15) is 23.2 Å². The number of alkyl halides is 1. The molecule has 0 aliphatic rings. The van der Waals surface area contributed by atoms with Crippen molar-refractivity contribution in [3.05, 3.63) is 35.0 Å². The molecule has 4 heteroatoms. The summed E-state index contributed by atoms with van der Waals surface area (Å²) in [7, 11) is 0. The third-order valence-electron chi connectivity index (χ3n) is 2.49. The number of aromatic amines is 1. The highest BCUT2D eigenvalue weighted by atomic mass is 35.5. The molecule has 0 saturated heterocycles. The lowest BCUT2D eigenvalue weighted by Crippen LogP contribution is -1.98. The fourth-order valence-corrected chi connectivity index (χ4v) is 2.13. The lowest BCUT2D eigenvalue weighted by Gasteiger charge is -1.99. The fraction of sp³-hybridized carbons (Fsp3) is 0.250. The molecule has 0 spiro atoms. The average molecular weight is 256 g/mol. The number of rotatable bonds is 4. The summed E-state index contributed by atoms with van der Waals surface area (Å²) in [5.41, 5.74) is 1.55. The van der Waals surface area contributed by atoms with Crippen LogP contribution in [0.4, 0.5) is 0 Å². The number of Topliss-reactive ketones (excluding diaryl/α,β-unsaturated/α-hetero) is 1. The highest BCUT2D eigenvalue weighted by Gasteiger charge is 2.13. The van der Waals surface area contributed by atoms with Crippen molar-refractivity contribution >= 4 is 39.9 Å². The molecule has 0 radical (unpaired) electrons. The van der Waals surface area contributed by atoms with E-state index in [4.69, 9.17) is 23.2 Å². The van der Waals surface area contributed by atoms with Gasteiger partial charge in [0.05, 0.1) is 5.02 Å². The maximum absolute atomic E-state index is 11.9. The van der Waals surface area contributed by atoms with Crippen molar-refractivity contribution < 1.29 is 4.79 Å². The zero-order valence-electron chi connectivity index (χ0n) is 8.59. The van der Waals surface area contributed by atoms with Gasteiger partial charge in [0.25, 0.3) is 0 Å². The van der Waals surface area contributed by atoms with Crippen molar-refractivity contribution in [1.82, 2.24) is 4.98 Å². The summed E-state index contributed by atoms with van der Waals surface area (Å²) < 4.78 is 0. The van der Waals surface area contributed by atoms with Crippen molar-refractivity contribution in [3.8, 4) is 0 Å². The van der Waals surface area contributed by atoms with E-state index in [2.05, 4.69) is 4.98 Å². The van der Waals surface area contributed by atoms with Gasteiger partial charge in [0.1, 0.15) is 0 Å². The van der Waals surface area contributed by atoms with Crippen molar-refractivity contribution in [2.75, 3.05) is 5.88 Å². The first-order chi connectivity index (χ1) is 7.74. The van der Waals surface area contributed by atoms with E-state index in [9.17, 15) is 4.79 Å². The molecule has 2 aromatic rings. The van der Waals surface area contributed by atoms with E-state index in [1.54, 1.807) is 12.3 Å². The van der Waals surface area contributed by atoms with E-state index in [0.717, 1.165) is 10.9 Å². The van der Waals surface area contributed by atoms with Gasteiger partial charge in [-0.05, 0) is 18.6 Å². The Kier molecular flexibility index (Phi) is 3.52. The number of hydrogen-bond acceptors (Lipinski definition) is 1. The molecule has 2 rings (SSSR count). The van der Waals surface area contributed by atoms with Crippen LogP contribution in [-0.4, -0.2) is 16.6 Å². The maximum atomic E-state index is 11.9. The van der Waals surface area contributed by atoms with Crippen molar-refractivity contribution in [1.29, 1.82) is 0 Å². The van der Waals surface area contributed by atoms with Gasteiger partial charge >= 0.3 is 0 Å². The van der Waals surface area contributed by atoms with Crippen molar-refractivity contribution in [3.63, 3.8) is 0 Å². The van der Waals surface area contributed by atoms with E-state index >= 15 is 0 Å². The van der Waals surface area contributed by atoms with Crippen molar-refractivity contribution in [2.24, 2.45) is 0 Å². The number of hydrogen-bond donors (Lipinski definition) is 1. The number of nitrogens with one attached hydrogen (secondary N) is 1. The molecule has 2 nitrogen and oxygen atoms in total. The van der Waals surface area contributed by atoms with Gasteiger partial charge in [-0.1, -0.05) is 17.7 Å². The Morgan fingerprint density at radius 1 is 1.38 bits per heavy atom. The van der Waals surface area contributed by atoms with Gasteiger partial charge in [-0.3, -0.25) is 4.79 Å². The van der Waals surface area contributed by atoms with E-state index in [-0.39, 0.29) is 5.78 Å². The van der Waals surface area contributed by atoms with Crippen LogP contribution in [-0.2, 0) is 0 Å². The highest BCUT2D eigenvalue weighted by Crippen LogP contribution is 2.27. The molecule has 0 amide bonds. The number of halogens is 2. The van der Waals surface area contributed by atoms with Crippen LogP contribution < -0.4 is 0 Å². The summed E-state index contributed by atoms with van der Waals surface area (Å²) in [6, 6.07) is 5.55. The molecular weight excluding hydrogens is 245 g/mol. The first kappa shape index (κ1) is 11.5. The molecule has 1 aromatic carbocycles. The monoisotopic (exact) mass is 255 g/mol. The van der Waals surface area contributed by atoms with Crippen molar-refractivity contribution in [2.45, 2.75) is 12.8 Å². The summed E-state index contributed by atoms with van der Waals surface area (Å²) in [6.45, 7) is 0. The molecule has 0 bridgehead atoms. The molecule has 1 aromatic heterocycles. The van der Waals surface area contributed by atoms with Gasteiger partial charge < -0.3 is 4.98 Å². The molecule has 0 fully saturated rings. The zero-order chi connectivity index (χ0) is 11.5. The van der Waals surface area contributed by atoms with Crippen LogP contribution in [0.5, 0.6) is 0 Å². The number of aromatic nitrogens is 1. The van der Waals surface area contributed by atoms with E-state index in [1.165, 1.54) is 0 Å². The first-order valence-electron chi connectivity index (χ1n) is 5.09. The van der Waals surface area contributed by atoms with Gasteiger partial charge in [-0.25, -0.2) is 0 Å². The Bertz CT molecular complexity index is 519. The van der Waals surface area contributed by atoms with Crippen LogP contribution in [0.25, 0.3) is 10.9 Å². The third-order valence-corrected chi connectivity index (χ3v) is 3.08. The predicted molar refractivity (Wildman–Crippen MR) is 67.6 cm³/mol. The lowest BCUT2D eigenvalue weighted by molar-refractivity contribution is 0.0983. The highest BCUT2D eigenvalue weighted by molar-refractivity contribution is 6.36. The summed E-state index contributed by atoms with van der Waals surface area (Å²) in [4.78, 5) is 14.9. The van der Waals surface area contributed by atoms with Gasteiger partial charge in [0, 0.05) is 35.0 Å². The normalized spacial score (nSPS) is 10.9. The first-order valence-corrected chi connectivity index (χ1v) is 6.00. The van der Waals surface area contributed by atoms with E-state index < -0.39 is 0 Å². The van der Waals surface area contributed by atoms with Gasteiger partial charge in [-0.15, -0.1) is 11.6 Å². The maximum Gasteiger partial charge on any atom is 0.165 e. The van der Waals surface area contributed by atoms with E-state index in [0.29, 0.717) is 29.3 Å². The quantitative estimate of drug-likeness (QED) is 0.650.